The molecule has 1 aromatic carbocycles. The molecule has 6 nitrogen and oxygen atoms in total. The smallest absolute Gasteiger partial charge is 0.368 e. The number of alkyl halides is 3. The molecule has 29 heavy (non-hydrogen) atoms. The Bertz CT molecular complexity index is 932. The highest BCUT2D eigenvalue weighted by molar-refractivity contribution is 5.92. The fourth-order valence-corrected chi connectivity index (χ4v) is 3.25. The molecule has 0 radical (unpaired) electrons. The molecule has 0 N–H and O–H groups in total. The molecule has 0 unspecified atom stereocenters. The Hall–Kier alpha value is -2.84. The number of benzene rings is 1. The van der Waals surface area contributed by atoms with Crippen molar-refractivity contribution in [3.8, 4) is 0 Å². The van der Waals surface area contributed by atoms with Crippen LogP contribution in [0.3, 0.4) is 0 Å². The lowest BCUT2D eigenvalue weighted by Crippen LogP contribution is -2.49. The van der Waals surface area contributed by atoms with Crippen LogP contribution < -0.4 is 10.5 Å². The van der Waals surface area contributed by atoms with Gasteiger partial charge in [0.1, 0.15) is 5.69 Å². The predicted octanol–water partition coefficient (Wildman–Crippen LogP) is 2.88. The largest absolute Gasteiger partial charge is 0.416 e. The first-order valence-corrected chi connectivity index (χ1v) is 9.45. The van der Waals surface area contributed by atoms with Gasteiger partial charge in [0.15, 0.2) is 0 Å². The van der Waals surface area contributed by atoms with E-state index in [1.165, 1.54) is 22.9 Å². The minimum atomic E-state index is -4.39. The third-order valence-electron chi connectivity index (χ3n) is 4.73. The summed E-state index contributed by atoms with van der Waals surface area (Å²) in [5, 5.41) is 4.18. The van der Waals surface area contributed by atoms with Crippen LogP contribution in [0.15, 0.2) is 41.2 Å². The number of halogens is 3. The summed E-state index contributed by atoms with van der Waals surface area (Å²) >= 11 is 0. The van der Waals surface area contributed by atoms with Gasteiger partial charge in [-0.15, -0.1) is 0 Å². The number of rotatable bonds is 4. The Balaban J connectivity index is 1.68. The molecular weight excluding hydrogens is 385 g/mol. The van der Waals surface area contributed by atoms with Gasteiger partial charge < -0.3 is 9.80 Å². The van der Waals surface area contributed by atoms with E-state index in [1.807, 2.05) is 18.7 Å². The lowest BCUT2D eigenvalue weighted by molar-refractivity contribution is -0.137. The Morgan fingerprint density at radius 1 is 1.10 bits per heavy atom. The van der Waals surface area contributed by atoms with Crippen LogP contribution in [-0.2, 0) is 12.7 Å². The second-order valence-electron chi connectivity index (χ2n) is 7.46. The Labute approximate surface area is 166 Å². The van der Waals surface area contributed by atoms with E-state index in [1.54, 1.807) is 11.0 Å². The van der Waals surface area contributed by atoms with E-state index in [0.29, 0.717) is 38.4 Å². The number of piperazine rings is 1. The standard InChI is InChI=1S/C20H23F3N4O2/c1-14(2)13-27-18(28)7-6-17(24-27)19(29)26-10-8-25(9-11-26)16-5-3-4-15(12-16)20(21,22)23/h3-7,12,14H,8-11,13H2,1-2H3. The summed E-state index contributed by atoms with van der Waals surface area (Å²) in [7, 11) is 0. The minimum absolute atomic E-state index is 0.192. The van der Waals surface area contributed by atoms with Crippen LogP contribution >= 0.6 is 0 Å². The maximum atomic E-state index is 12.9. The molecule has 1 aliphatic rings. The van der Waals surface area contributed by atoms with Gasteiger partial charge in [-0.1, -0.05) is 19.9 Å². The van der Waals surface area contributed by atoms with Gasteiger partial charge in [0.2, 0.25) is 0 Å². The molecule has 0 bridgehead atoms. The number of anilines is 1. The molecule has 0 saturated carbocycles. The van der Waals surface area contributed by atoms with Crippen LogP contribution in [0, 0.1) is 5.92 Å². The molecule has 1 aliphatic heterocycles. The number of aromatic nitrogens is 2. The third kappa shape index (κ3) is 4.96. The second kappa shape index (κ2) is 8.26. The first-order chi connectivity index (χ1) is 13.6. The molecule has 9 heteroatoms. The lowest BCUT2D eigenvalue weighted by Gasteiger charge is -2.36. The van der Waals surface area contributed by atoms with Crippen LogP contribution in [0.2, 0.25) is 0 Å². The van der Waals surface area contributed by atoms with Crippen molar-refractivity contribution in [3.05, 3.63) is 58.0 Å². The van der Waals surface area contributed by atoms with Crippen molar-refractivity contribution in [1.29, 1.82) is 0 Å². The van der Waals surface area contributed by atoms with Gasteiger partial charge >= 0.3 is 6.18 Å². The number of hydrogen-bond acceptors (Lipinski definition) is 4. The van der Waals surface area contributed by atoms with Crippen molar-refractivity contribution in [2.24, 2.45) is 5.92 Å². The third-order valence-corrected chi connectivity index (χ3v) is 4.73. The Morgan fingerprint density at radius 2 is 1.79 bits per heavy atom. The summed E-state index contributed by atoms with van der Waals surface area (Å²) < 4.78 is 40.1. The van der Waals surface area contributed by atoms with Gasteiger partial charge in [-0.2, -0.15) is 18.3 Å². The van der Waals surface area contributed by atoms with Crippen molar-refractivity contribution < 1.29 is 18.0 Å². The summed E-state index contributed by atoms with van der Waals surface area (Å²) in [6.07, 6.45) is -4.39. The molecular formula is C20H23F3N4O2. The first-order valence-electron chi connectivity index (χ1n) is 9.45. The molecule has 3 rings (SSSR count). The zero-order valence-electron chi connectivity index (χ0n) is 16.3. The normalized spacial score (nSPS) is 15.1. The molecule has 0 aliphatic carbocycles. The van der Waals surface area contributed by atoms with Gasteiger partial charge in [0, 0.05) is 44.5 Å². The fourth-order valence-electron chi connectivity index (χ4n) is 3.25. The van der Waals surface area contributed by atoms with E-state index in [9.17, 15) is 22.8 Å². The van der Waals surface area contributed by atoms with Crippen molar-refractivity contribution in [2.75, 3.05) is 31.1 Å². The number of carbonyl (C=O) groups excluding carboxylic acids is 1. The van der Waals surface area contributed by atoms with Gasteiger partial charge in [-0.05, 0) is 30.2 Å². The summed E-state index contributed by atoms with van der Waals surface area (Å²) in [6, 6.07) is 7.94. The number of amides is 1. The highest BCUT2D eigenvalue weighted by atomic mass is 19.4. The highest BCUT2D eigenvalue weighted by Gasteiger charge is 2.31. The monoisotopic (exact) mass is 408 g/mol. The average molecular weight is 408 g/mol. The molecule has 0 atom stereocenters. The van der Waals surface area contributed by atoms with Crippen molar-refractivity contribution in [3.63, 3.8) is 0 Å². The fraction of sp³-hybridized carbons (Fsp3) is 0.450. The summed E-state index contributed by atoms with van der Waals surface area (Å²) in [6.45, 7) is 5.88. The molecule has 2 aromatic rings. The van der Waals surface area contributed by atoms with Crippen molar-refractivity contribution in [2.45, 2.75) is 26.6 Å². The molecule has 1 fully saturated rings. The van der Waals surface area contributed by atoms with Gasteiger partial charge in [0.25, 0.3) is 11.5 Å². The summed E-state index contributed by atoms with van der Waals surface area (Å²) in [4.78, 5) is 28.1. The van der Waals surface area contributed by atoms with Crippen LogP contribution in [0.1, 0.15) is 29.9 Å². The second-order valence-corrected chi connectivity index (χ2v) is 7.46. The molecule has 156 valence electrons. The molecule has 0 spiro atoms. The molecule has 1 amide bonds. The van der Waals surface area contributed by atoms with E-state index in [0.717, 1.165) is 12.1 Å². The topological polar surface area (TPSA) is 58.4 Å². The number of carbonyl (C=O) groups is 1. The summed E-state index contributed by atoms with van der Waals surface area (Å²) in [5.41, 5.74) is -0.275. The first kappa shape index (κ1) is 20.9. The molecule has 1 aromatic heterocycles. The van der Waals surface area contributed by atoms with Crippen LogP contribution in [0.4, 0.5) is 18.9 Å². The maximum Gasteiger partial charge on any atom is 0.416 e. The molecule has 1 saturated heterocycles. The van der Waals surface area contributed by atoms with Crippen LogP contribution in [0.5, 0.6) is 0 Å². The van der Waals surface area contributed by atoms with E-state index >= 15 is 0 Å². The molecule has 2 heterocycles. The SMILES string of the molecule is CC(C)Cn1nc(C(=O)N2CCN(c3cccc(C(F)(F)F)c3)CC2)ccc1=O. The van der Waals surface area contributed by atoms with Gasteiger partial charge in [-0.3, -0.25) is 9.59 Å². The predicted molar refractivity (Wildman–Crippen MR) is 103 cm³/mol. The van der Waals surface area contributed by atoms with E-state index in [4.69, 9.17) is 0 Å². The summed E-state index contributed by atoms with van der Waals surface area (Å²) in [5.74, 6) is -0.0762. The van der Waals surface area contributed by atoms with Crippen LogP contribution in [0.25, 0.3) is 0 Å². The van der Waals surface area contributed by atoms with E-state index < -0.39 is 11.7 Å². The van der Waals surface area contributed by atoms with Gasteiger partial charge in [-0.25, -0.2) is 4.68 Å². The van der Waals surface area contributed by atoms with E-state index in [2.05, 4.69) is 5.10 Å². The number of nitrogens with zero attached hydrogens (tertiary/aromatic N) is 4. The Kier molecular flexibility index (Phi) is 5.95. The number of hydrogen-bond donors (Lipinski definition) is 0. The zero-order chi connectivity index (χ0) is 21.2. The van der Waals surface area contributed by atoms with Crippen molar-refractivity contribution in [1.82, 2.24) is 14.7 Å². The van der Waals surface area contributed by atoms with Gasteiger partial charge in [0.05, 0.1) is 5.56 Å². The minimum Gasteiger partial charge on any atom is -0.368 e. The highest BCUT2D eigenvalue weighted by Crippen LogP contribution is 2.31. The van der Waals surface area contributed by atoms with Crippen LogP contribution in [-0.4, -0.2) is 46.8 Å². The lowest BCUT2D eigenvalue weighted by atomic mass is 10.1. The average Bonchev–Trinajstić information content (AvgIpc) is 2.68. The zero-order valence-corrected chi connectivity index (χ0v) is 16.3. The quantitative estimate of drug-likeness (QED) is 0.781. The Morgan fingerprint density at radius 3 is 2.41 bits per heavy atom. The van der Waals surface area contributed by atoms with Crippen molar-refractivity contribution >= 4 is 11.6 Å². The van der Waals surface area contributed by atoms with E-state index in [-0.39, 0.29) is 23.1 Å². The maximum absolute atomic E-state index is 12.9.